The number of rotatable bonds is 6. The number of carboxylic acid groups (broad SMARTS) is 1. The van der Waals surface area contributed by atoms with Gasteiger partial charge in [0.25, 0.3) is 0 Å². The highest BCUT2D eigenvalue weighted by Crippen LogP contribution is 2.49. The fourth-order valence-corrected chi connectivity index (χ4v) is 5.31. The molecule has 2 aliphatic rings. The van der Waals surface area contributed by atoms with Crippen molar-refractivity contribution in [1.82, 2.24) is 9.88 Å². The first kappa shape index (κ1) is 20.6. The van der Waals surface area contributed by atoms with Crippen LogP contribution in [0.4, 0.5) is 0 Å². The molecule has 6 nitrogen and oxygen atoms in total. The lowest BCUT2D eigenvalue weighted by atomic mass is 9.95. The molecule has 2 aromatic carbocycles. The quantitative estimate of drug-likeness (QED) is 0.579. The predicted molar refractivity (Wildman–Crippen MR) is 125 cm³/mol. The highest BCUT2D eigenvalue weighted by molar-refractivity contribution is 8.14. The van der Waals surface area contributed by atoms with Crippen LogP contribution in [0, 0.1) is 0 Å². The molecule has 0 radical (unpaired) electrons. The van der Waals surface area contributed by atoms with E-state index in [4.69, 9.17) is 14.8 Å². The summed E-state index contributed by atoms with van der Waals surface area (Å²) in [7, 11) is 0. The molecule has 1 N–H and O–H groups in total. The van der Waals surface area contributed by atoms with Gasteiger partial charge in [-0.15, -0.1) is 0 Å². The lowest BCUT2D eigenvalue weighted by Gasteiger charge is -2.28. The molecule has 2 aliphatic heterocycles. The number of carbonyl (C=O) groups is 1. The molecule has 162 valence electrons. The third-order valence-corrected chi connectivity index (χ3v) is 6.82. The number of hydrogen-bond acceptors (Lipinski definition) is 6. The number of benzene rings is 2. The lowest BCUT2D eigenvalue weighted by Crippen LogP contribution is -2.29. The number of carboxylic acids is 1. The summed E-state index contributed by atoms with van der Waals surface area (Å²) in [4.78, 5) is 23.1. The highest BCUT2D eigenvalue weighted by atomic mass is 32.2. The molecule has 0 amide bonds. The maximum atomic E-state index is 11.1. The van der Waals surface area contributed by atoms with E-state index in [0.717, 1.165) is 34.3 Å². The van der Waals surface area contributed by atoms with Gasteiger partial charge in [0, 0.05) is 23.6 Å². The Morgan fingerprint density at radius 3 is 2.66 bits per heavy atom. The van der Waals surface area contributed by atoms with Crippen molar-refractivity contribution in [3.05, 3.63) is 95.3 Å². The first-order valence-electron chi connectivity index (χ1n) is 10.6. The van der Waals surface area contributed by atoms with Crippen LogP contribution < -0.4 is 4.74 Å². The predicted octanol–water partition coefficient (Wildman–Crippen LogP) is 4.95. The van der Waals surface area contributed by atoms with E-state index in [9.17, 15) is 4.79 Å². The number of para-hydroxylation sites is 1. The summed E-state index contributed by atoms with van der Waals surface area (Å²) < 4.78 is 6.24. The SMILES string of the molecule is C[C@@H]1CN2C(=N[C@H](c3ccccn3)[C@@H]2c2ccccc2OCc2ccc(C(=O)O)cc2)S1. The van der Waals surface area contributed by atoms with Gasteiger partial charge >= 0.3 is 5.97 Å². The zero-order valence-electron chi connectivity index (χ0n) is 17.6. The van der Waals surface area contributed by atoms with E-state index in [-0.39, 0.29) is 17.6 Å². The summed E-state index contributed by atoms with van der Waals surface area (Å²) in [6, 6.07) is 20.8. The number of aliphatic imine (C=N–C) groups is 1. The molecular formula is C25H23N3O3S. The Bertz CT molecular complexity index is 1150. The summed E-state index contributed by atoms with van der Waals surface area (Å²) in [5.74, 6) is -0.125. The molecule has 7 heteroatoms. The molecule has 1 saturated heterocycles. The van der Waals surface area contributed by atoms with Crippen molar-refractivity contribution in [2.24, 2.45) is 4.99 Å². The van der Waals surface area contributed by atoms with Crippen LogP contribution in [0.25, 0.3) is 0 Å². The number of fused-ring (bicyclic) bond motifs is 1. The smallest absolute Gasteiger partial charge is 0.335 e. The van der Waals surface area contributed by atoms with Crippen molar-refractivity contribution in [2.75, 3.05) is 6.54 Å². The molecule has 3 atom stereocenters. The van der Waals surface area contributed by atoms with Crippen molar-refractivity contribution in [2.45, 2.75) is 30.9 Å². The Hall–Kier alpha value is -3.32. The number of amidine groups is 1. The lowest BCUT2D eigenvalue weighted by molar-refractivity contribution is 0.0697. The summed E-state index contributed by atoms with van der Waals surface area (Å²) in [6.45, 7) is 3.51. The topological polar surface area (TPSA) is 75.0 Å². The van der Waals surface area contributed by atoms with Gasteiger partial charge < -0.3 is 14.7 Å². The number of hydrogen-bond donors (Lipinski definition) is 1. The van der Waals surface area contributed by atoms with Crippen molar-refractivity contribution in [3.8, 4) is 5.75 Å². The number of ether oxygens (including phenoxy) is 1. The van der Waals surface area contributed by atoms with E-state index < -0.39 is 5.97 Å². The second kappa shape index (κ2) is 8.67. The Morgan fingerprint density at radius 1 is 1.12 bits per heavy atom. The van der Waals surface area contributed by atoms with Gasteiger partial charge in [0.15, 0.2) is 5.17 Å². The number of pyridine rings is 1. The summed E-state index contributed by atoms with van der Waals surface area (Å²) in [5, 5.41) is 10.7. The fraction of sp³-hybridized carbons (Fsp3) is 0.240. The molecule has 1 aromatic heterocycles. The minimum Gasteiger partial charge on any atom is -0.489 e. The molecule has 0 spiro atoms. The molecule has 32 heavy (non-hydrogen) atoms. The average molecular weight is 446 g/mol. The largest absolute Gasteiger partial charge is 0.489 e. The Kier molecular flexibility index (Phi) is 5.57. The van der Waals surface area contributed by atoms with Crippen LogP contribution in [0.5, 0.6) is 5.75 Å². The van der Waals surface area contributed by atoms with Crippen LogP contribution in [0.15, 0.2) is 77.9 Å². The second-order valence-electron chi connectivity index (χ2n) is 7.97. The van der Waals surface area contributed by atoms with Crippen LogP contribution in [-0.4, -0.2) is 37.9 Å². The van der Waals surface area contributed by atoms with E-state index in [1.165, 1.54) is 0 Å². The number of aromatic nitrogens is 1. The van der Waals surface area contributed by atoms with Crippen molar-refractivity contribution >= 4 is 22.9 Å². The normalized spacial score (nSPS) is 21.8. The minimum atomic E-state index is -0.932. The van der Waals surface area contributed by atoms with E-state index in [1.807, 2.05) is 54.4 Å². The highest BCUT2D eigenvalue weighted by Gasteiger charge is 2.44. The number of aromatic carboxylic acids is 1. The van der Waals surface area contributed by atoms with E-state index in [1.54, 1.807) is 24.3 Å². The zero-order valence-corrected chi connectivity index (χ0v) is 18.4. The van der Waals surface area contributed by atoms with Gasteiger partial charge in [-0.05, 0) is 35.9 Å². The fourth-order valence-electron chi connectivity index (χ4n) is 4.21. The second-order valence-corrected chi connectivity index (χ2v) is 9.37. The van der Waals surface area contributed by atoms with Crippen LogP contribution >= 0.6 is 11.8 Å². The summed E-state index contributed by atoms with van der Waals surface area (Å²) >= 11 is 1.81. The zero-order chi connectivity index (χ0) is 22.1. The molecule has 3 aromatic rings. The average Bonchev–Trinajstić information content (AvgIpc) is 3.34. The summed E-state index contributed by atoms with van der Waals surface area (Å²) in [5.41, 5.74) is 3.22. The molecule has 0 unspecified atom stereocenters. The van der Waals surface area contributed by atoms with Gasteiger partial charge in [-0.25, -0.2) is 4.79 Å². The maximum absolute atomic E-state index is 11.1. The molecule has 0 aliphatic carbocycles. The molecule has 5 rings (SSSR count). The van der Waals surface area contributed by atoms with Crippen molar-refractivity contribution in [1.29, 1.82) is 0 Å². The molecule has 3 heterocycles. The van der Waals surface area contributed by atoms with Gasteiger partial charge in [0.1, 0.15) is 18.4 Å². The van der Waals surface area contributed by atoms with Crippen LogP contribution in [0.3, 0.4) is 0 Å². The van der Waals surface area contributed by atoms with E-state index >= 15 is 0 Å². The summed E-state index contributed by atoms with van der Waals surface area (Å²) in [6.07, 6.45) is 1.81. The van der Waals surface area contributed by atoms with Crippen LogP contribution in [0.2, 0.25) is 0 Å². The Morgan fingerprint density at radius 2 is 1.91 bits per heavy atom. The molecule has 0 saturated carbocycles. The minimum absolute atomic E-state index is 0.0166. The molecule has 1 fully saturated rings. The molecule has 0 bridgehead atoms. The third kappa shape index (κ3) is 3.96. The van der Waals surface area contributed by atoms with Gasteiger partial charge in [-0.1, -0.05) is 55.1 Å². The Labute approximate surface area is 191 Å². The monoisotopic (exact) mass is 445 g/mol. The third-order valence-electron chi connectivity index (χ3n) is 5.71. The van der Waals surface area contributed by atoms with Gasteiger partial charge in [-0.3, -0.25) is 9.98 Å². The van der Waals surface area contributed by atoms with Crippen molar-refractivity contribution in [3.63, 3.8) is 0 Å². The standard InChI is InChI=1S/C25H23N3O3S/c1-16-14-28-23(22(27-25(28)32-16)20-7-4-5-13-26-20)19-6-2-3-8-21(19)31-15-17-9-11-18(12-10-17)24(29)30/h2-13,16,22-23H,14-15H2,1H3,(H,29,30)/t16-,22-,23+/m1/s1. The maximum Gasteiger partial charge on any atom is 0.335 e. The first-order chi connectivity index (χ1) is 15.6. The van der Waals surface area contributed by atoms with Crippen LogP contribution in [-0.2, 0) is 6.61 Å². The first-order valence-corrected chi connectivity index (χ1v) is 11.4. The van der Waals surface area contributed by atoms with Crippen molar-refractivity contribution < 1.29 is 14.6 Å². The number of nitrogens with zero attached hydrogens (tertiary/aromatic N) is 3. The molecular weight excluding hydrogens is 422 g/mol. The van der Waals surface area contributed by atoms with E-state index in [0.29, 0.717) is 11.9 Å². The van der Waals surface area contributed by atoms with Crippen LogP contribution in [0.1, 0.15) is 46.2 Å². The van der Waals surface area contributed by atoms with Gasteiger partial charge in [0.2, 0.25) is 0 Å². The Balaban J connectivity index is 1.44. The van der Waals surface area contributed by atoms with Gasteiger partial charge in [-0.2, -0.15) is 0 Å². The van der Waals surface area contributed by atoms with E-state index in [2.05, 4.69) is 22.9 Å². The van der Waals surface area contributed by atoms with Gasteiger partial charge in [0.05, 0.1) is 17.3 Å². The number of thioether (sulfide) groups is 1.